The summed E-state index contributed by atoms with van der Waals surface area (Å²) in [6.07, 6.45) is -0.757. The summed E-state index contributed by atoms with van der Waals surface area (Å²) in [5.74, 6) is 1.11. The van der Waals surface area contributed by atoms with Crippen LogP contribution in [0.4, 0.5) is 9.52 Å². The van der Waals surface area contributed by atoms with Crippen LogP contribution in [0.3, 0.4) is 0 Å². The SMILES string of the molecule is CC(Oc1ccc(F)cc1)C(=O)Nc1nc(-c2ccc3c(c2)OCCO3)cs1. The van der Waals surface area contributed by atoms with E-state index in [1.54, 1.807) is 6.92 Å². The predicted molar refractivity (Wildman–Crippen MR) is 104 cm³/mol. The first-order valence-corrected chi connectivity index (χ1v) is 9.55. The Hall–Kier alpha value is -3.13. The molecular weight excluding hydrogens is 383 g/mol. The number of halogens is 1. The van der Waals surface area contributed by atoms with Gasteiger partial charge in [-0.05, 0) is 49.4 Å². The van der Waals surface area contributed by atoms with E-state index in [-0.39, 0.29) is 11.7 Å². The van der Waals surface area contributed by atoms with Crippen LogP contribution in [0.1, 0.15) is 6.92 Å². The van der Waals surface area contributed by atoms with Crippen LogP contribution in [-0.2, 0) is 4.79 Å². The highest BCUT2D eigenvalue weighted by molar-refractivity contribution is 7.14. The lowest BCUT2D eigenvalue weighted by molar-refractivity contribution is -0.122. The van der Waals surface area contributed by atoms with E-state index >= 15 is 0 Å². The summed E-state index contributed by atoms with van der Waals surface area (Å²) in [6, 6.07) is 11.1. The van der Waals surface area contributed by atoms with Crippen molar-refractivity contribution in [2.24, 2.45) is 0 Å². The maximum atomic E-state index is 12.9. The number of hydrogen-bond donors (Lipinski definition) is 1. The Bertz CT molecular complexity index is 990. The first kappa shape index (κ1) is 18.2. The van der Waals surface area contributed by atoms with E-state index in [4.69, 9.17) is 14.2 Å². The van der Waals surface area contributed by atoms with Gasteiger partial charge in [-0.2, -0.15) is 0 Å². The number of amides is 1. The van der Waals surface area contributed by atoms with Crippen molar-refractivity contribution in [3.63, 3.8) is 0 Å². The van der Waals surface area contributed by atoms with Gasteiger partial charge >= 0.3 is 0 Å². The molecule has 0 saturated heterocycles. The Labute approximate surface area is 164 Å². The van der Waals surface area contributed by atoms with Crippen molar-refractivity contribution < 1.29 is 23.4 Å². The Morgan fingerprint density at radius 3 is 2.71 bits per heavy atom. The van der Waals surface area contributed by atoms with Crippen LogP contribution in [0.15, 0.2) is 47.8 Å². The molecule has 144 valence electrons. The average molecular weight is 400 g/mol. The van der Waals surface area contributed by atoms with Crippen LogP contribution >= 0.6 is 11.3 Å². The third kappa shape index (κ3) is 4.07. The molecule has 1 aromatic heterocycles. The summed E-state index contributed by atoms with van der Waals surface area (Å²) in [4.78, 5) is 16.8. The van der Waals surface area contributed by atoms with Gasteiger partial charge < -0.3 is 14.2 Å². The van der Waals surface area contributed by atoms with Crippen molar-refractivity contribution >= 4 is 22.4 Å². The molecule has 2 heterocycles. The Kier molecular flexibility index (Phi) is 5.12. The molecule has 8 heteroatoms. The summed E-state index contributed by atoms with van der Waals surface area (Å²) in [5.41, 5.74) is 1.60. The van der Waals surface area contributed by atoms with Crippen LogP contribution in [0.2, 0.25) is 0 Å². The topological polar surface area (TPSA) is 69.7 Å². The first-order valence-electron chi connectivity index (χ1n) is 8.67. The maximum Gasteiger partial charge on any atom is 0.266 e. The lowest BCUT2D eigenvalue weighted by Crippen LogP contribution is -2.30. The number of rotatable bonds is 5. The molecule has 1 aliphatic rings. The normalized spacial score (nSPS) is 13.6. The minimum absolute atomic E-state index is 0.340. The zero-order chi connectivity index (χ0) is 19.5. The fraction of sp³-hybridized carbons (Fsp3) is 0.200. The number of nitrogens with one attached hydrogen (secondary N) is 1. The fourth-order valence-corrected chi connectivity index (χ4v) is 3.37. The smallest absolute Gasteiger partial charge is 0.266 e. The molecule has 1 aliphatic heterocycles. The molecule has 4 rings (SSSR count). The predicted octanol–water partition coefficient (Wildman–Crippen LogP) is 4.13. The molecule has 0 saturated carbocycles. The van der Waals surface area contributed by atoms with E-state index in [2.05, 4.69) is 10.3 Å². The van der Waals surface area contributed by atoms with Gasteiger partial charge in [0, 0.05) is 10.9 Å². The second-order valence-electron chi connectivity index (χ2n) is 6.10. The fourth-order valence-electron chi connectivity index (χ4n) is 2.64. The molecule has 6 nitrogen and oxygen atoms in total. The number of thiazole rings is 1. The number of aromatic nitrogens is 1. The van der Waals surface area contributed by atoms with Crippen LogP contribution in [0.25, 0.3) is 11.3 Å². The van der Waals surface area contributed by atoms with Crippen molar-refractivity contribution in [3.8, 4) is 28.5 Å². The minimum atomic E-state index is -0.757. The molecule has 0 radical (unpaired) electrons. The number of anilines is 1. The van der Waals surface area contributed by atoms with E-state index in [9.17, 15) is 9.18 Å². The highest BCUT2D eigenvalue weighted by Crippen LogP contribution is 2.35. The second kappa shape index (κ2) is 7.85. The lowest BCUT2D eigenvalue weighted by atomic mass is 10.1. The number of ether oxygens (including phenoxy) is 3. The minimum Gasteiger partial charge on any atom is -0.486 e. The lowest BCUT2D eigenvalue weighted by Gasteiger charge is -2.18. The van der Waals surface area contributed by atoms with Crippen LogP contribution in [0.5, 0.6) is 17.2 Å². The van der Waals surface area contributed by atoms with E-state index in [0.29, 0.717) is 35.6 Å². The molecule has 2 aromatic carbocycles. The molecule has 1 amide bonds. The Balaban J connectivity index is 1.41. The van der Waals surface area contributed by atoms with E-state index in [0.717, 1.165) is 11.3 Å². The van der Waals surface area contributed by atoms with E-state index in [1.165, 1.54) is 35.6 Å². The standard InChI is InChI=1S/C20H17FN2O4S/c1-12(27-15-5-3-14(21)4-6-15)19(24)23-20-22-16(11-28-20)13-2-7-17-18(10-13)26-9-8-25-17/h2-7,10-12H,8-9H2,1H3,(H,22,23,24). The number of hydrogen-bond acceptors (Lipinski definition) is 6. The number of fused-ring (bicyclic) bond motifs is 1. The molecule has 0 aliphatic carbocycles. The van der Waals surface area contributed by atoms with Gasteiger partial charge in [0.1, 0.15) is 24.8 Å². The Morgan fingerprint density at radius 2 is 1.93 bits per heavy atom. The molecule has 0 fully saturated rings. The quantitative estimate of drug-likeness (QED) is 0.698. The largest absolute Gasteiger partial charge is 0.486 e. The van der Waals surface area contributed by atoms with Crippen LogP contribution < -0.4 is 19.5 Å². The number of benzene rings is 2. The summed E-state index contributed by atoms with van der Waals surface area (Å²) in [7, 11) is 0. The maximum absolute atomic E-state index is 12.9. The molecule has 0 bridgehead atoms. The van der Waals surface area contributed by atoms with Crippen molar-refractivity contribution in [1.82, 2.24) is 4.98 Å². The molecule has 0 spiro atoms. The van der Waals surface area contributed by atoms with Crippen LogP contribution in [-0.4, -0.2) is 30.2 Å². The zero-order valence-electron chi connectivity index (χ0n) is 15.0. The molecule has 3 aromatic rings. The van der Waals surface area contributed by atoms with E-state index < -0.39 is 6.10 Å². The van der Waals surface area contributed by atoms with Crippen molar-refractivity contribution in [1.29, 1.82) is 0 Å². The highest BCUT2D eigenvalue weighted by Gasteiger charge is 2.18. The van der Waals surface area contributed by atoms with Gasteiger partial charge in [0.2, 0.25) is 0 Å². The summed E-state index contributed by atoms with van der Waals surface area (Å²) in [6.45, 7) is 2.67. The van der Waals surface area contributed by atoms with Crippen molar-refractivity contribution in [2.75, 3.05) is 18.5 Å². The summed E-state index contributed by atoms with van der Waals surface area (Å²) < 4.78 is 29.6. The Morgan fingerprint density at radius 1 is 1.18 bits per heavy atom. The number of nitrogens with zero attached hydrogens (tertiary/aromatic N) is 1. The molecule has 1 unspecified atom stereocenters. The zero-order valence-corrected chi connectivity index (χ0v) is 15.8. The van der Waals surface area contributed by atoms with Gasteiger partial charge in [0.25, 0.3) is 5.91 Å². The van der Waals surface area contributed by atoms with Gasteiger partial charge in [-0.1, -0.05) is 0 Å². The van der Waals surface area contributed by atoms with Gasteiger partial charge in [0.05, 0.1) is 5.69 Å². The second-order valence-corrected chi connectivity index (χ2v) is 6.96. The van der Waals surface area contributed by atoms with Gasteiger partial charge in [-0.25, -0.2) is 9.37 Å². The van der Waals surface area contributed by atoms with E-state index in [1.807, 2.05) is 23.6 Å². The molecule has 28 heavy (non-hydrogen) atoms. The highest BCUT2D eigenvalue weighted by atomic mass is 32.1. The van der Waals surface area contributed by atoms with Crippen LogP contribution in [0, 0.1) is 5.82 Å². The summed E-state index contributed by atoms with van der Waals surface area (Å²) >= 11 is 1.32. The molecule has 1 N–H and O–H groups in total. The first-order chi connectivity index (χ1) is 13.6. The van der Waals surface area contributed by atoms with Crippen molar-refractivity contribution in [2.45, 2.75) is 13.0 Å². The number of carbonyl (C=O) groups excluding carboxylic acids is 1. The van der Waals surface area contributed by atoms with Gasteiger partial charge in [-0.3, -0.25) is 10.1 Å². The monoisotopic (exact) mass is 400 g/mol. The third-order valence-corrected chi connectivity index (χ3v) is 4.83. The van der Waals surface area contributed by atoms with Gasteiger partial charge in [-0.15, -0.1) is 11.3 Å². The summed E-state index contributed by atoms with van der Waals surface area (Å²) in [5, 5.41) is 5.06. The number of carbonyl (C=O) groups is 1. The average Bonchev–Trinajstić information content (AvgIpc) is 3.17. The van der Waals surface area contributed by atoms with Gasteiger partial charge in [0.15, 0.2) is 22.7 Å². The third-order valence-electron chi connectivity index (χ3n) is 4.07. The van der Waals surface area contributed by atoms with Crippen molar-refractivity contribution in [3.05, 3.63) is 53.7 Å². The molecular formula is C20H17FN2O4S. The molecule has 1 atom stereocenters.